The summed E-state index contributed by atoms with van der Waals surface area (Å²) in [5.74, 6) is -0.190. The Kier molecular flexibility index (Phi) is 6.20. The predicted octanol–water partition coefficient (Wildman–Crippen LogP) is 2.01. The molecule has 3 nitrogen and oxygen atoms in total. The fraction of sp³-hybridized carbons (Fsp3) is 0.571. The molecule has 1 unspecified atom stereocenters. The number of aliphatic hydroxyl groups excluding tert-OH is 1. The van der Waals surface area contributed by atoms with Gasteiger partial charge in [0.05, 0.1) is 6.61 Å². The highest BCUT2D eigenvalue weighted by molar-refractivity contribution is 5.85. The van der Waals surface area contributed by atoms with E-state index in [2.05, 4.69) is 0 Å². The van der Waals surface area contributed by atoms with Crippen molar-refractivity contribution in [3.05, 3.63) is 35.6 Å². The maximum Gasteiger partial charge on any atom is 0.126 e. The van der Waals surface area contributed by atoms with Crippen LogP contribution in [0.5, 0.6) is 0 Å². The fourth-order valence-electron chi connectivity index (χ4n) is 2.80. The molecule has 108 valence electrons. The molecule has 1 aromatic carbocycles. The van der Waals surface area contributed by atoms with Gasteiger partial charge in [-0.05, 0) is 30.9 Å². The molecule has 19 heavy (non-hydrogen) atoms. The quantitative estimate of drug-likeness (QED) is 0.891. The third-order valence-electron chi connectivity index (χ3n) is 3.78. The van der Waals surface area contributed by atoms with Gasteiger partial charge < -0.3 is 15.6 Å². The van der Waals surface area contributed by atoms with Gasteiger partial charge in [-0.3, -0.25) is 0 Å². The van der Waals surface area contributed by atoms with Crippen molar-refractivity contribution in [2.75, 3.05) is 19.8 Å². The normalized spacial score (nSPS) is 19.5. The van der Waals surface area contributed by atoms with E-state index in [-0.39, 0.29) is 36.3 Å². The number of halogens is 2. The standard InChI is InChI=1S/C14H20FNO2.ClH/c15-13-4-2-1-3-12(13)14(9-11(16)10-17)5-7-18-8-6-14;/h1-4,11,17H,5-10,16H2;1H. The minimum Gasteiger partial charge on any atom is -0.395 e. The molecule has 0 aliphatic carbocycles. The van der Waals surface area contributed by atoms with Crippen LogP contribution in [0.25, 0.3) is 0 Å². The first-order chi connectivity index (χ1) is 8.68. The minimum absolute atomic E-state index is 0. The first kappa shape index (κ1) is 16.4. The molecule has 2 rings (SSSR count). The maximum absolute atomic E-state index is 14.0. The van der Waals surface area contributed by atoms with Crippen molar-refractivity contribution in [3.8, 4) is 0 Å². The molecule has 0 spiro atoms. The molecule has 1 saturated heterocycles. The zero-order valence-electron chi connectivity index (χ0n) is 10.8. The second kappa shape index (κ2) is 7.20. The van der Waals surface area contributed by atoms with Crippen LogP contribution in [0.4, 0.5) is 4.39 Å². The predicted molar refractivity (Wildman–Crippen MR) is 75.1 cm³/mol. The molecule has 3 N–H and O–H groups in total. The number of hydrogen-bond acceptors (Lipinski definition) is 3. The molecule has 1 heterocycles. The Morgan fingerprint density at radius 3 is 2.53 bits per heavy atom. The lowest BCUT2D eigenvalue weighted by Gasteiger charge is -2.39. The number of nitrogens with two attached hydrogens (primary N) is 1. The van der Waals surface area contributed by atoms with Gasteiger partial charge in [0.2, 0.25) is 0 Å². The SMILES string of the molecule is Cl.NC(CO)CC1(c2ccccc2F)CCOCC1. The molecular formula is C14H21ClFNO2. The fourth-order valence-corrected chi connectivity index (χ4v) is 2.80. The van der Waals surface area contributed by atoms with E-state index in [0.717, 1.165) is 12.8 Å². The van der Waals surface area contributed by atoms with Crippen molar-refractivity contribution in [2.24, 2.45) is 5.73 Å². The molecular weight excluding hydrogens is 269 g/mol. The highest BCUT2D eigenvalue weighted by Crippen LogP contribution is 2.39. The minimum atomic E-state index is -0.317. The molecule has 5 heteroatoms. The van der Waals surface area contributed by atoms with Crippen molar-refractivity contribution >= 4 is 12.4 Å². The number of aliphatic hydroxyl groups is 1. The van der Waals surface area contributed by atoms with Gasteiger partial charge in [-0.15, -0.1) is 12.4 Å². The molecule has 1 atom stereocenters. The average molecular weight is 290 g/mol. The van der Waals surface area contributed by atoms with Gasteiger partial charge in [-0.2, -0.15) is 0 Å². The molecule has 0 radical (unpaired) electrons. The first-order valence-corrected chi connectivity index (χ1v) is 6.37. The van der Waals surface area contributed by atoms with Crippen LogP contribution in [0.3, 0.4) is 0 Å². The summed E-state index contributed by atoms with van der Waals surface area (Å²) in [4.78, 5) is 0. The van der Waals surface area contributed by atoms with E-state index < -0.39 is 0 Å². The van der Waals surface area contributed by atoms with E-state index in [1.165, 1.54) is 6.07 Å². The Labute approximate surface area is 119 Å². The summed E-state index contributed by atoms with van der Waals surface area (Å²) in [6.45, 7) is 1.16. The van der Waals surface area contributed by atoms with Crippen LogP contribution in [-0.4, -0.2) is 31.0 Å². The van der Waals surface area contributed by atoms with Crippen LogP contribution < -0.4 is 5.73 Å². The number of hydrogen-bond donors (Lipinski definition) is 2. The molecule has 0 saturated carbocycles. The molecule has 0 aromatic heterocycles. The van der Waals surface area contributed by atoms with E-state index in [0.29, 0.717) is 25.2 Å². The lowest BCUT2D eigenvalue weighted by atomic mass is 9.70. The summed E-state index contributed by atoms with van der Waals surface area (Å²) in [6.07, 6.45) is 2.09. The second-order valence-corrected chi connectivity index (χ2v) is 5.02. The van der Waals surface area contributed by atoms with E-state index in [1.54, 1.807) is 6.07 Å². The van der Waals surface area contributed by atoms with Crippen LogP contribution in [0, 0.1) is 5.82 Å². The molecule has 1 aliphatic heterocycles. The summed E-state index contributed by atoms with van der Waals surface area (Å²) in [7, 11) is 0. The molecule has 1 aromatic rings. The topological polar surface area (TPSA) is 55.5 Å². The van der Waals surface area contributed by atoms with Gasteiger partial charge in [0.15, 0.2) is 0 Å². The van der Waals surface area contributed by atoms with Gasteiger partial charge >= 0.3 is 0 Å². The van der Waals surface area contributed by atoms with Crippen LogP contribution >= 0.6 is 12.4 Å². The van der Waals surface area contributed by atoms with Gasteiger partial charge in [0.1, 0.15) is 5.82 Å². The zero-order chi connectivity index (χ0) is 13.0. The van der Waals surface area contributed by atoms with Crippen LogP contribution in [0.15, 0.2) is 24.3 Å². The van der Waals surface area contributed by atoms with Gasteiger partial charge in [-0.25, -0.2) is 4.39 Å². The summed E-state index contributed by atoms with van der Waals surface area (Å²) in [6, 6.07) is 6.53. The number of ether oxygens (including phenoxy) is 1. The van der Waals surface area contributed by atoms with Crippen LogP contribution in [-0.2, 0) is 10.2 Å². The van der Waals surface area contributed by atoms with Gasteiger partial charge in [-0.1, -0.05) is 18.2 Å². The van der Waals surface area contributed by atoms with Gasteiger partial charge in [0.25, 0.3) is 0 Å². The Morgan fingerprint density at radius 2 is 1.95 bits per heavy atom. The summed E-state index contributed by atoms with van der Waals surface area (Å²) < 4.78 is 19.4. The summed E-state index contributed by atoms with van der Waals surface area (Å²) in [5, 5.41) is 9.15. The average Bonchev–Trinajstić information content (AvgIpc) is 2.40. The second-order valence-electron chi connectivity index (χ2n) is 5.02. The summed E-state index contributed by atoms with van der Waals surface area (Å²) in [5.41, 5.74) is 6.27. The van der Waals surface area contributed by atoms with Crippen molar-refractivity contribution in [1.82, 2.24) is 0 Å². The van der Waals surface area contributed by atoms with Crippen LogP contribution in [0.2, 0.25) is 0 Å². The summed E-state index contributed by atoms with van der Waals surface area (Å²) >= 11 is 0. The Balaban J connectivity index is 0.00000180. The van der Waals surface area contributed by atoms with Gasteiger partial charge in [0, 0.05) is 24.7 Å². The maximum atomic E-state index is 14.0. The molecule has 1 aliphatic rings. The van der Waals surface area contributed by atoms with E-state index in [9.17, 15) is 4.39 Å². The Bertz CT molecular complexity index is 397. The zero-order valence-corrected chi connectivity index (χ0v) is 11.7. The highest BCUT2D eigenvalue weighted by Gasteiger charge is 2.37. The van der Waals surface area contributed by atoms with E-state index >= 15 is 0 Å². The lowest BCUT2D eigenvalue weighted by molar-refractivity contribution is 0.0403. The van der Waals surface area contributed by atoms with E-state index in [4.69, 9.17) is 15.6 Å². The van der Waals surface area contributed by atoms with Crippen molar-refractivity contribution in [3.63, 3.8) is 0 Å². The smallest absolute Gasteiger partial charge is 0.126 e. The van der Waals surface area contributed by atoms with Crippen molar-refractivity contribution < 1.29 is 14.2 Å². The monoisotopic (exact) mass is 289 g/mol. The Morgan fingerprint density at radius 1 is 1.32 bits per heavy atom. The van der Waals surface area contributed by atoms with E-state index in [1.807, 2.05) is 12.1 Å². The first-order valence-electron chi connectivity index (χ1n) is 6.37. The lowest BCUT2D eigenvalue weighted by Crippen LogP contribution is -2.41. The molecule has 1 fully saturated rings. The largest absolute Gasteiger partial charge is 0.395 e. The third kappa shape index (κ3) is 3.66. The number of rotatable bonds is 4. The molecule has 0 bridgehead atoms. The third-order valence-corrected chi connectivity index (χ3v) is 3.78. The molecule has 0 amide bonds. The highest BCUT2D eigenvalue weighted by atomic mass is 35.5. The van der Waals surface area contributed by atoms with Crippen LogP contribution in [0.1, 0.15) is 24.8 Å². The van der Waals surface area contributed by atoms with Crippen molar-refractivity contribution in [2.45, 2.75) is 30.7 Å². The van der Waals surface area contributed by atoms with Crippen molar-refractivity contribution in [1.29, 1.82) is 0 Å². The number of benzene rings is 1. The Hall–Kier alpha value is -0.680.